The van der Waals surface area contributed by atoms with Crippen LogP contribution in [0.25, 0.3) is 6.08 Å². The number of ketones is 1. The number of fused-ring (bicyclic) bond motifs is 1. The first-order valence-corrected chi connectivity index (χ1v) is 10.1. The summed E-state index contributed by atoms with van der Waals surface area (Å²) in [6.45, 7) is 6.62. The number of carbonyl (C=O) groups is 1. The Labute approximate surface area is 170 Å². The molecule has 2 aromatic rings. The third-order valence-corrected chi connectivity index (χ3v) is 5.88. The summed E-state index contributed by atoms with van der Waals surface area (Å²) in [7, 11) is 0. The first-order chi connectivity index (χ1) is 13.4. The topological polar surface area (TPSA) is 49.8 Å². The summed E-state index contributed by atoms with van der Waals surface area (Å²) in [6.07, 6.45) is 4.05. The van der Waals surface area contributed by atoms with E-state index in [-0.39, 0.29) is 17.3 Å². The molecular formula is C23H24ClNO3. The van der Waals surface area contributed by atoms with E-state index in [4.69, 9.17) is 16.3 Å². The van der Waals surface area contributed by atoms with E-state index < -0.39 is 0 Å². The standard InChI is InChI=1S/C23H24ClNO3/c1-14-6-5-9-25(12-14)13-17-19(26)10-15(2)21-22(27)20(28-23(17)21)11-16-7-3-4-8-18(16)24/h3-4,7-8,10-11,14,26H,5-6,9,12-13H2,1-2H3/b20-11+. The molecule has 1 atom stereocenters. The fourth-order valence-electron chi connectivity index (χ4n) is 4.12. The summed E-state index contributed by atoms with van der Waals surface area (Å²) < 4.78 is 6.01. The first kappa shape index (κ1) is 19.0. The van der Waals surface area contributed by atoms with Crippen LogP contribution in [0.3, 0.4) is 0 Å². The van der Waals surface area contributed by atoms with Gasteiger partial charge < -0.3 is 9.84 Å². The number of aryl methyl sites for hydroxylation is 1. The van der Waals surface area contributed by atoms with Crippen LogP contribution in [0.15, 0.2) is 36.1 Å². The van der Waals surface area contributed by atoms with Gasteiger partial charge in [-0.05, 0) is 61.6 Å². The minimum absolute atomic E-state index is 0.166. The first-order valence-electron chi connectivity index (χ1n) is 9.70. The molecular weight excluding hydrogens is 374 g/mol. The molecule has 0 aliphatic carbocycles. The van der Waals surface area contributed by atoms with Crippen molar-refractivity contribution in [3.8, 4) is 11.5 Å². The molecule has 2 aliphatic heterocycles. The second-order valence-electron chi connectivity index (χ2n) is 7.84. The van der Waals surface area contributed by atoms with E-state index in [1.807, 2.05) is 25.1 Å². The minimum atomic E-state index is -0.166. The summed E-state index contributed by atoms with van der Waals surface area (Å²) >= 11 is 6.23. The maximum absolute atomic E-state index is 13.0. The third-order valence-electron chi connectivity index (χ3n) is 5.54. The lowest BCUT2D eigenvalue weighted by atomic mass is 9.97. The summed E-state index contributed by atoms with van der Waals surface area (Å²) in [5.74, 6) is 1.37. The lowest BCUT2D eigenvalue weighted by Crippen LogP contribution is -2.33. The third kappa shape index (κ3) is 3.54. The summed E-state index contributed by atoms with van der Waals surface area (Å²) in [5.41, 5.74) is 2.67. The van der Waals surface area contributed by atoms with Crippen molar-refractivity contribution in [3.05, 3.63) is 63.4 Å². The van der Waals surface area contributed by atoms with E-state index in [9.17, 15) is 9.90 Å². The largest absolute Gasteiger partial charge is 0.507 e. The number of phenols is 1. The molecule has 0 saturated carbocycles. The highest BCUT2D eigenvalue weighted by Crippen LogP contribution is 2.42. The highest BCUT2D eigenvalue weighted by Gasteiger charge is 2.34. The molecule has 5 heteroatoms. The molecule has 0 amide bonds. The molecule has 1 saturated heterocycles. The summed E-state index contributed by atoms with van der Waals surface area (Å²) in [4.78, 5) is 15.3. The van der Waals surface area contributed by atoms with Crippen LogP contribution in [0.4, 0.5) is 0 Å². The van der Waals surface area contributed by atoms with Gasteiger partial charge in [-0.15, -0.1) is 0 Å². The Bertz CT molecular complexity index is 967. The fourth-order valence-corrected chi connectivity index (χ4v) is 4.31. The van der Waals surface area contributed by atoms with Crippen LogP contribution in [0, 0.1) is 12.8 Å². The van der Waals surface area contributed by atoms with Crippen molar-refractivity contribution >= 4 is 23.5 Å². The van der Waals surface area contributed by atoms with Gasteiger partial charge >= 0.3 is 0 Å². The fraction of sp³-hybridized carbons (Fsp3) is 0.348. The quantitative estimate of drug-likeness (QED) is 0.723. The van der Waals surface area contributed by atoms with Crippen LogP contribution in [-0.2, 0) is 6.54 Å². The van der Waals surface area contributed by atoms with Crippen molar-refractivity contribution < 1.29 is 14.6 Å². The number of nitrogens with zero attached hydrogens (tertiary/aromatic N) is 1. The lowest BCUT2D eigenvalue weighted by Gasteiger charge is -2.31. The van der Waals surface area contributed by atoms with Gasteiger partial charge in [0.1, 0.15) is 11.5 Å². The Morgan fingerprint density at radius 1 is 1.36 bits per heavy atom. The highest BCUT2D eigenvalue weighted by atomic mass is 35.5. The van der Waals surface area contributed by atoms with E-state index in [0.29, 0.717) is 34.4 Å². The highest BCUT2D eigenvalue weighted by molar-refractivity contribution is 6.32. The Balaban J connectivity index is 1.71. The number of allylic oxidation sites excluding steroid dienone is 1. The molecule has 1 N–H and O–H groups in total. The van der Waals surface area contributed by atoms with Gasteiger partial charge in [-0.2, -0.15) is 0 Å². The number of hydrogen-bond acceptors (Lipinski definition) is 4. The van der Waals surface area contributed by atoms with Crippen molar-refractivity contribution in [1.29, 1.82) is 0 Å². The molecule has 2 aromatic carbocycles. The molecule has 4 rings (SSSR count). The number of benzene rings is 2. The number of hydrogen-bond donors (Lipinski definition) is 1. The Morgan fingerprint density at radius 3 is 2.89 bits per heavy atom. The van der Waals surface area contributed by atoms with Crippen LogP contribution in [0.1, 0.15) is 46.8 Å². The molecule has 2 aliphatic rings. The number of aromatic hydroxyl groups is 1. The molecule has 4 nitrogen and oxygen atoms in total. The molecule has 0 aromatic heterocycles. The summed E-state index contributed by atoms with van der Waals surface area (Å²) in [6, 6.07) is 9.00. The maximum atomic E-state index is 13.0. The predicted molar refractivity (Wildman–Crippen MR) is 111 cm³/mol. The van der Waals surface area contributed by atoms with Gasteiger partial charge in [-0.25, -0.2) is 0 Å². The van der Waals surface area contributed by atoms with Gasteiger partial charge in [0.2, 0.25) is 5.78 Å². The lowest BCUT2D eigenvalue weighted by molar-refractivity contribution is 0.101. The Morgan fingerprint density at radius 2 is 2.14 bits per heavy atom. The number of rotatable bonds is 3. The van der Waals surface area contributed by atoms with Crippen LogP contribution in [-0.4, -0.2) is 28.9 Å². The van der Waals surface area contributed by atoms with Crippen LogP contribution >= 0.6 is 11.6 Å². The molecule has 2 heterocycles. The molecule has 28 heavy (non-hydrogen) atoms. The number of likely N-dealkylation sites (tertiary alicyclic amines) is 1. The van der Waals surface area contributed by atoms with Crippen LogP contribution < -0.4 is 4.74 Å². The Kier molecular flexibility index (Phi) is 5.17. The SMILES string of the molecule is Cc1cc(O)c(CN2CCCC(C)C2)c2c1C(=O)/C(=C\c1ccccc1Cl)O2. The second kappa shape index (κ2) is 7.61. The second-order valence-corrected chi connectivity index (χ2v) is 8.25. The van der Waals surface area contributed by atoms with E-state index in [1.165, 1.54) is 6.42 Å². The van der Waals surface area contributed by atoms with Crippen molar-refractivity contribution in [2.75, 3.05) is 13.1 Å². The number of Topliss-reactive ketones (excluding diaryl/α,β-unsaturated/α-hetero) is 1. The number of carbonyl (C=O) groups excluding carboxylic acids is 1. The average molecular weight is 398 g/mol. The normalized spacial score (nSPS) is 21.0. The van der Waals surface area contributed by atoms with Gasteiger partial charge in [0, 0.05) is 18.1 Å². The van der Waals surface area contributed by atoms with Gasteiger partial charge in [0.15, 0.2) is 5.76 Å². The van der Waals surface area contributed by atoms with Gasteiger partial charge in [0.05, 0.1) is 11.1 Å². The van der Waals surface area contributed by atoms with Crippen molar-refractivity contribution in [2.45, 2.75) is 33.2 Å². The molecule has 0 bridgehead atoms. The summed E-state index contributed by atoms with van der Waals surface area (Å²) in [5, 5.41) is 11.2. The number of halogens is 1. The molecule has 0 radical (unpaired) electrons. The van der Waals surface area contributed by atoms with Crippen molar-refractivity contribution in [1.82, 2.24) is 4.90 Å². The zero-order valence-electron chi connectivity index (χ0n) is 16.2. The molecule has 146 valence electrons. The van der Waals surface area contributed by atoms with Crippen molar-refractivity contribution in [2.24, 2.45) is 5.92 Å². The maximum Gasteiger partial charge on any atom is 0.232 e. The zero-order chi connectivity index (χ0) is 19.8. The van der Waals surface area contributed by atoms with E-state index >= 15 is 0 Å². The zero-order valence-corrected chi connectivity index (χ0v) is 16.9. The van der Waals surface area contributed by atoms with E-state index in [0.717, 1.165) is 30.6 Å². The molecule has 0 spiro atoms. The monoisotopic (exact) mass is 397 g/mol. The predicted octanol–water partition coefficient (Wildman–Crippen LogP) is 5.20. The smallest absolute Gasteiger partial charge is 0.232 e. The van der Waals surface area contributed by atoms with Gasteiger partial charge in [-0.1, -0.05) is 36.7 Å². The van der Waals surface area contributed by atoms with Crippen LogP contribution in [0.2, 0.25) is 5.02 Å². The minimum Gasteiger partial charge on any atom is -0.507 e. The average Bonchev–Trinajstić information content (AvgIpc) is 2.97. The number of piperidine rings is 1. The van der Waals surface area contributed by atoms with E-state index in [2.05, 4.69) is 11.8 Å². The molecule has 1 fully saturated rings. The van der Waals surface area contributed by atoms with Crippen molar-refractivity contribution in [3.63, 3.8) is 0 Å². The van der Waals surface area contributed by atoms with Crippen LogP contribution in [0.5, 0.6) is 11.5 Å². The van der Waals surface area contributed by atoms with E-state index in [1.54, 1.807) is 18.2 Å². The van der Waals surface area contributed by atoms with Gasteiger partial charge in [-0.3, -0.25) is 9.69 Å². The number of ether oxygens (including phenoxy) is 1. The number of phenolic OH excluding ortho intramolecular Hbond substituents is 1. The Hall–Kier alpha value is -2.30. The van der Waals surface area contributed by atoms with Gasteiger partial charge in [0.25, 0.3) is 0 Å². The molecule has 1 unspecified atom stereocenters.